The maximum Gasteiger partial charge on any atom is 0.416 e. The Kier molecular flexibility index (Phi) is 5.70. The van der Waals surface area contributed by atoms with Crippen molar-refractivity contribution in [3.63, 3.8) is 0 Å². The molecule has 8 heteroatoms. The molecule has 0 bridgehead atoms. The van der Waals surface area contributed by atoms with Gasteiger partial charge in [-0.2, -0.15) is 13.2 Å². The van der Waals surface area contributed by atoms with E-state index in [1.54, 1.807) is 19.1 Å². The second kappa shape index (κ2) is 8.36. The van der Waals surface area contributed by atoms with E-state index in [9.17, 15) is 27.9 Å². The molecule has 5 nitrogen and oxygen atoms in total. The summed E-state index contributed by atoms with van der Waals surface area (Å²) in [7, 11) is 0. The van der Waals surface area contributed by atoms with Crippen molar-refractivity contribution in [2.24, 2.45) is 5.41 Å². The number of nitrogens with zero attached hydrogens (tertiary/aromatic N) is 1. The molecule has 1 aliphatic heterocycles. The molecule has 0 radical (unpaired) electrons. The van der Waals surface area contributed by atoms with Crippen LogP contribution in [0.4, 0.5) is 13.2 Å². The van der Waals surface area contributed by atoms with Gasteiger partial charge in [0, 0.05) is 6.54 Å². The standard InChI is InChI=1S/C27H29F3N2O3/c1-17-14-20(6-7-21(17)24(34)35)26(10-11-26)31-23(33)22-15-25(8-9-25)12-13-32(22)16-18-2-4-19(5-3-18)27(28,29)30/h2-7,14,22H,8-13,15-16H2,1H3,(H,31,33)(H,34,35). The summed E-state index contributed by atoms with van der Waals surface area (Å²) in [6.07, 6.45) is 1.20. The summed E-state index contributed by atoms with van der Waals surface area (Å²) < 4.78 is 38.8. The molecule has 5 rings (SSSR count). The smallest absolute Gasteiger partial charge is 0.416 e. The first-order valence-electron chi connectivity index (χ1n) is 12.1. The van der Waals surface area contributed by atoms with Crippen LogP contribution in [0.5, 0.6) is 0 Å². The number of likely N-dealkylation sites (tertiary alicyclic amines) is 1. The second-order valence-corrected chi connectivity index (χ2v) is 10.5. The number of hydrogen-bond acceptors (Lipinski definition) is 3. The lowest BCUT2D eigenvalue weighted by atomic mass is 9.86. The number of halogens is 3. The minimum absolute atomic E-state index is 0.0552. The number of amides is 1. The van der Waals surface area contributed by atoms with Crippen molar-refractivity contribution in [3.05, 3.63) is 70.3 Å². The minimum Gasteiger partial charge on any atom is -0.478 e. The van der Waals surface area contributed by atoms with Crippen LogP contribution in [0.1, 0.15) is 71.1 Å². The van der Waals surface area contributed by atoms with E-state index in [0.29, 0.717) is 12.1 Å². The Morgan fingerprint density at radius 2 is 1.74 bits per heavy atom. The summed E-state index contributed by atoms with van der Waals surface area (Å²) in [5.74, 6) is -1.03. The van der Waals surface area contributed by atoms with Gasteiger partial charge in [-0.1, -0.05) is 24.3 Å². The predicted molar refractivity (Wildman–Crippen MR) is 124 cm³/mol. The predicted octanol–water partition coefficient (Wildman–Crippen LogP) is 5.26. The number of carbonyl (C=O) groups is 2. The molecule has 2 aromatic rings. The van der Waals surface area contributed by atoms with Crippen molar-refractivity contribution in [2.45, 2.75) is 69.8 Å². The molecule has 1 atom stereocenters. The Morgan fingerprint density at radius 1 is 1.06 bits per heavy atom. The van der Waals surface area contributed by atoms with E-state index in [2.05, 4.69) is 10.2 Å². The van der Waals surface area contributed by atoms with E-state index in [1.165, 1.54) is 12.1 Å². The largest absolute Gasteiger partial charge is 0.478 e. The monoisotopic (exact) mass is 486 g/mol. The molecule has 2 N–H and O–H groups in total. The molecule has 1 heterocycles. The number of aryl methyl sites for hydroxylation is 1. The normalized spacial score (nSPS) is 22.6. The van der Waals surface area contributed by atoms with Gasteiger partial charge in [0.25, 0.3) is 0 Å². The Morgan fingerprint density at radius 3 is 2.29 bits per heavy atom. The van der Waals surface area contributed by atoms with Crippen LogP contribution in [0.2, 0.25) is 0 Å². The lowest BCUT2D eigenvalue weighted by Crippen LogP contribution is -2.53. The first-order valence-corrected chi connectivity index (χ1v) is 12.1. The third-order valence-electron chi connectivity index (χ3n) is 8.05. The quantitative estimate of drug-likeness (QED) is 0.584. The van der Waals surface area contributed by atoms with Crippen LogP contribution >= 0.6 is 0 Å². The molecular weight excluding hydrogens is 457 g/mol. The van der Waals surface area contributed by atoms with Crippen molar-refractivity contribution in [2.75, 3.05) is 6.54 Å². The van der Waals surface area contributed by atoms with Crippen LogP contribution < -0.4 is 5.32 Å². The first kappa shape index (κ1) is 23.9. The van der Waals surface area contributed by atoms with E-state index in [4.69, 9.17) is 0 Å². The lowest BCUT2D eigenvalue weighted by Gasteiger charge is -2.39. The second-order valence-electron chi connectivity index (χ2n) is 10.5. The summed E-state index contributed by atoms with van der Waals surface area (Å²) in [4.78, 5) is 27.1. The van der Waals surface area contributed by atoms with Crippen LogP contribution in [-0.4, -0.2) is 34.5 Å². The van der Waals surface area contributed by atoms with Gasteiger partial charge in [-0.3, -0.25) is 9.69 Å². The van der Waals surface area contributed by atoms with Gasteiger partial charge in [-0.05, 0) is 92.3 Å². The fourth-order valence-corrected chi connectivity index (χ4v) is 5.42. The van der Waals surface area contributed by atoms with Crippen molar-refractivity contribution >= 4 is 11.9 Å². The first-order chi connectivity index (χ1) is 16.5. The zero-order valence-electron chi connectivity index (χ0n) is 19.6. The van der Waals surface area contributed by atoms with Gasteiger partial charge >= 0.3 is 12.1 Å². The molecule has 2 aromatic carbocycles. The molecule has 2 aliphatic carbocycles. The van der Waals surface area contributed by atoms with Gasteiger partial charge in [0.05, 0.1) is 22.7 Å². The molecule has 3 fully saturated rings. The molecule has 3 aliphatic rings. The molecular formula is C27H29F3N2O3. The van der Waals surface area contributed by atoms with Gasteiger partial charge < -0.3 is 10.4 Å². The number of hydrogen-bond donors (Lipinski definition) is 2. The fraction of sp³-hybridized carbons (Fsp3) is 0.481. The van der Waals surface area contributed by atoms with Crippen LogP contribution in [-0.2, 0) is 23.1 Å². The van der Waals surface area contributed by atoms with E-state index >= 15 is 0 Å². The topological polar surface area (TPSA) is 69.6 Å². The van der Waals surface area contributed by atoms with Crippen molar-refractivity contribution < 1.29 is 27.9 Å². The number of aromatic carboxylic acids is 1. The lowest BCUT2D eigenvalue weighted by molar-refractivity contribution is -0.137. The molecule has 186 valence electrons. The van der Waals surface area contributed by atoms with E-state index in [1.807, 2.05) is 6.07 Å². The van der Waals surface area contributed by atoms with Gasteiger partial charge in [0.15, 0.2) is 0 Å². The van der Waals surface area contributed by atoms with Crippen molar-refractivity contribution in [1.82, 2.24) is 10.2 Å². The van der Waals surface area contributed by atoms with Gasteiger partial charge in [-0.25, -0.2) is 4.79 Å². The van der Waals surface area contributed by atoms with Crippen LogP contribution in [0.15, 0.2) is 42.5 Å². The van der Waals surface area contributed by atoms with Crippen molar-refractivity contribution in [1.29, 1.82) is 0 Å². The van der Waals surface area contributed by atoms with Gasteiger partial charge in [0.2, 0.25) is 5.91 Å². The zero-order chi connectivity index (χ0) is 25.0. The number of piperidine rings is 1. The number of carbonyl (C=O) groups excluding carboxylic acids is 1. The van der Waals surface area contributed by atoms with E-state index in [0.717, 1.165) is 68.3 Å². The molecule has 1 spiro atoms. The number of carboxylic acids is 1. The number of benzene rings is 2. The number of carboxylic acid groups (broad SMARTS) is 1. The van der Waals surface area contributed by atoms with Crippen LogP contribution in [0.25, 0.3) is 0 Å². The van der Waals surface area contributed by atoms with Crippen molar-refractivity contribution in [3.8, 4) is 0 Å². The Bertz CT molecular complexity index is 1150. The third kappa shape index (κ3) is 4.81. The highest BCUT2D eigenvalue weighted by Crippen LogP contribution is 2.55. The van der Waals surface area contributed by atoms with E-state index < -0.39 is 23.2 Å². The molecule has 0 aromatic heterocycles. The average Bonchev–Trinajstić information content (AvgIpc) is 3.73. The Labute approximate surface area is 202 Å². The highest BCUT2D eigenvalue weighted by Gasteiger charge is 2.52. The van der Waals surface area contributed by atoms with Crippen LogP contribution in [0, 0.1) is 12.3 Å². The molecule has 1 amide bonds. The number of nitrogens with one attached hydrogen (secondary N) is 1. The van der Waals surface area contributed by atoms with Gasteiger partial charge in [-0.15, -0.1) is 0 Å². The summed E-state index contributed by atoms with van der Waals surface area (Å²) in [5, 5.41) is 12.6. The zero-order valence-corrected chi connectivity index (χ0v) is 19.6. The SMILES string of the molecule is Cc1cc(C2(NC(=O)C3CC4(CCN3Cc3ccc(C(F)(F)F)cc3)CC4)CC2)ccc1C(=O)O. The summed E-state index contributed by atoms with van der Waals surface area (Å²) >= 11 is 0. The highest BCUT2D eigenvalue weighted by molar-refractivity contribution is 5.89. The molecule has 1 saturated heterocycles. The highest BCUT2D eigenvalue weighted by atomic mass is 19.4. The maximum absolute atomic E-state index is 13.6. The molecule has 35 heavy (non-hydrogen) atoms. The van der Waals surface area contributed by atoms with Gasteiger partial charge in [0.1, 0.15) is 0 Å². The number of alkyl halides is 3. The summed E-state index contributed by atoms with van der Waals surface area (Å²) in [6.45, 7) is 2.92. The minimum atomic E-state index is -4.37. The van der Waals surface area contributed by atoms with Crippen LogP contribution in [0.3, 0.4) is 0 Å². The molecule has 2 saturated carbocycles. The fourth-order valence-electron chi connectivity index (χ4n) is 5.42. The third-order valence-corrected chi connectivity index (χ3v) is 8.05. The summed E-state index contributed by atoms with van der Waals surface area (Å²) in [6, 6.07) is 10.1. The Balaban J connectivity index is 1.33. The average molecular weight is 487 g/mol. The molecule has 1 unspecified atom stereocenters. The Hall–Kier alpha value is -2.87. The summed E-state index contributed by atoms with van der Waals surface area (Å²) in [5.41, 5.74) is 1.65. The van der Waals surface area contributed by atoms with E-state index in [-0.39, 0.29) is 22.9 Å². The maximum atomic E-state index is 13.6. The number of rotatable bonds is 6.